The van der Waals surface area contributed by atoms with Crippen LogP contribution in [0.25, 0.3) is 11.0 Å². The minimum absolute atomic E-state index is 0.358. The first-order valence-corrected chi connectivity index (χ1v) is 10.9. The maximum Gasteiger partial charge on any atom is 0.160 e. The van der Waals surface area contributed by atoms with E-state index < -0.39 is 0 Å². The Bertz CT molecular complexity index is 1180. The number of hydrogen-bond donors (Lipinski definition) is 1. The van der Waals surface area contributed by atoms with Crippen molar-refractivity contribution in [3.05, 3.63) is 70.4 Å². The molecule has 1 aromatic carbocycles. The molecule has 4 rings (SSSR count). The predicted molar refractivity (Wildman–Crippen MR) is 128 cm³/mol. The molecule has 0 spiro atoms. The number of anilines is 2. The normalized spacial score (nSPS) is 13.8. The van der Waals surface area contributed by atoms with Crippen molar-refractivity contribution >= 4 is 56.3 Å². The molecule has 0 saturated carbocycles. The minimum atomic E-state index is 0.358. The highest BCUT2D eigenvalue weighted by Crippen LogP contribution is 2.29. The summed E-state index contributed by atoms with van der Waals surface area (Å²) in [5.41, 5.74) is 2.13. The third kappa shape index (κ3) is 5.39. The minimum Gasteiger partial charge on any atom is -0.458 e. The molecule has 0 saturated heterocycles. The molecule has 2 aromatic heterocycles. The van der Waals surface area contributed by atoms with Crippen molar-refractivity contribution in [3.63, 3.8) is 0 Å². The number of hydrogen-bond acceptors (Lipinski definition) is 7. The van der Waals surface area contributed by atoms with Crippen molar-refractivity contribution in [1.29, 1.82) is 0 Å². The smallest absolute Gasteiger partial charge is 0.160 e. The van der Waals surface area contributed by atoms with Crippen molar-refractivity contribution < 1.29 is 4.74 Å². The van der Waals surface area contributed by atoms with Crippen LogP contribution in [0.15, 0.2) is 70.3 Å². The van der Waals surface area contributed by atoms with Crippen LogP contribution in [0.3, 0.4) is 0 Å². The topological polar surface area (TPSA) is 75.5 Å². The first-order chi connectivity index (χ1) is 15.0. The van der Waals surface area contributed by atoms with Gasteiger partial charge in [0.2, 0.25) is 0 Å². The quantitative estimate of drug-likeness (QED) is 0.335. The summed E-state index contributed by atoms with van der Waals surface area (Å²) in [7, 11) is 0. The number of nitrogens with zero attached hydrogens (tertiary/aromatic N) is 5. The van der Waals surface area contributed by atoms with Gasteiger partial charge < -0.3 is 10.1 Å². The molecule has 9 heteroatoms. The fourth-order valence-corrected chi connectivity index (χ4v) is 3.21. The van der Waals surface area contributed by atoms with Gasteiger partial charge in [-0.15, -0.1) is 0 Å². The van der Waals surface area contributed by atoms with Gasteiger partial charge in [-0.05, 0) is 64.3 Å². The van der Waals surface area contributed by atoms with E-state index in [2.05, 4.69) is 55.1 Å². The molecule has 0 unspecified atom stereocenters. The number of hydrazone groups is 1. The van der Waals surface area contributed by atoms with Gasteiger partial charge in [0.15, 0.2) is 5.82 Å². The van der Waals surface area contributed by atoms with Crippen LogP contribution in [-0.2, 0) is 0 Å². The molecule has 1 aliphatic rings. The molecule has 0 radical (unpaired) electrons. The molecule has 0 amide bonds. The zero-order valence-electron chi connectivity index (χ0n) is 17.0. The lowest BCUT2D eigenvalue weighted by Crippen LogP contribution is -2.15. The predicted octanol–water partition coefficient (Wildman–Crippen LogP) is 5.92. The van der Waals surface area contributed by atoms with Gasteiger partial charge in [0.05, 0.1) is 16.5 Å². The molecule has 3 heterocycles. The lowest BCUT2D eigenvalue weighted by Gasteiger charge is -2.18. The van der Waals surface area contributed by atoms with E-state index in [9.17, 15) is 0 Å². The van der Waals surface area contributed by atoms with Crippen LogP contribution in [0.2, 0.25) is 5.15 Å². The molecule has 158 valence electrons. The maximum absolute atomic E-state index is 6.14. The number of fused-ring (bicyclic) bond motifs is 1. The van der Waals surface area contributed by atoms with Crippen LogP contribution in [0, 0.1) is 5.92 Å². The Morgan fingerprint density at radius 1 is 1.26 bits per heavy atom. The first-order valence-electron chi connectivity index (χ1n) is 9.69. The van der Waals surface area contributed by atoms with Gasteiger partial charge in [0, 0.05) is 18.1 Å². The second-order valence-electron chi connectivity index (χ2n) is 7.16. The van der Waals surface area contributed by atoms with Crippen LogP contribution < -0.4 is 10.1 Å². The third-order valence-corrected chi connectivity index (χ3v) is 5.40. The molecule has 7 nitrogen and oxygen atoms in total. The largest absolute Gasteiger partial charge is 0.458 e. The Morgan fingerprint density at radius 3 is 2.77 bits per heavy atom. The van der Waals surface area contributed by atoms with Gasteiger partial charge in [0.1, 0.15) is 28.5 Å². The number of nitrogens with one attached hydrogen (secondary N) is 1. The Morgan fingerprint density at radius 2 is 2.06 bits per heavy atom. The Hall–Kier alpha value is -2.97. The Kier molecular flexibility index (Phi) is 6.48. The van der Waals surface area contributed by atoms with E-state index in [4.69, 9.17) is 16.3 Å². The Labute approximate surface area is 193 Å². The molecule has 1 N–H and O–H groups in total. The summed E-state index contributed by atoms with van der Waals surface area (Å²) in [6.45, 7) is 4.86. The number of aromatic nitrogens is 3. The van der Waals surface area contributed by atoms with Crippen molar-refractivity contribution in [1.82, 2.24) is 20.0 Å². The number of rotatable bonds is 6. The zero-order valence-corrected chi connectivity index (χ0v) is 19.3. The van der Waals surface area contributed by atoms with Crippen molar-refractivity contribution in [2.24, 2.45) is 11.0 Å². The summed E-state index contributed by atoms with van der Waals surface area (Å²) in [4.78, 5) is 12.9. The van der Waals surface area contributed by atoms with Gasteiger partial charge >= 0.3 is 0 Å². The van der Waals surface area contributed by atoms with Crippen LogP contribution in [0.5, 0.6) is 5.75 Å². The van der Waals surface area contributed by atoms with Crippen molar-refractivity contribution in [2.75, 3.05) is 11.9 Å². The van der Waals surface area contributed by atoms with Crippen LogP contribution in [-0.4, -0.2) is 32.7 Å². The monoisotopic (exact) mass is 498 g/mol. The SMILES string of the molecule is CC(C)/C=N\N1C=CC(Oc2ccc(Nc3ncnc4cc(Br)c(Cl)nc34)cc2)=CC1. The van der Waals surface area contributed by atoms with Crippen LogP contribution >= 0.6 is 27.5 Å². The van der Waals surface area contributed by atoms with E-state index >= 15 is 0 Å². The highest BCUT2D eigenvalue weighted by Gasteiger charge is 2.10. The maximum atomic E-state index is 6.14. The summed E-state index contributed by atoms with van der Waals surface area (Å²) < 4.78 is 6.63. The number of halogens is 2. The summed E-state index contributed by atoms with van der Waals surface area (Å²) in [5.74, 6) is 2.51. The van der Waals surface area contributed by atoms with Gasteiger partial charge in [-0.2, -0.15) is 5.10 Å². The highest BCUT2D eigenvalue weighted by molar-refractivity contribution is 9.10. The van der Waals surface area contributed by atoms with E-state index in [1.165, 1.54) is 6.33 Å². The third-order valence-electron chi connectivity index (χ3n) is 4.28. The van der Waals surface area contributed by atoms with Gasteiger partial charge in [0.25, 0.3) is 0 Å². The lowest BCUT2D eigenvalue weighted by atomic mass is 10.2. The van der Waals surface area contributed by atoms with Crippen LogP contribution in [0.1, 0.15) is 13.8 Å². The van der Waals surface area contributed by atoms with E-state index in [1.807, 2.05) is 59.9 Å². The molecule has 1 aliphatic heterocycles. The molecular weight excluding hydrogens is 480 g/mol. The molecule has 0 aliphatic carbocycles. The van der Waals surface area contributed by atoms with E-state index in [0.29, 0.717) is 38.9 Å². The second-order valence-corrected chi connectivity index (χ2v) is 8.37. The summed E-state index contributed by atoms with van der Waals surface area (Å²) >= 11 is 9.50. The first kappa shape index (κ1) is 21.3. The molecule has 0 atom stereocenters. The molecule has 0 bridgehead atoms. The average molecular weight is 500 g/mol. The molecule has 31 heavy (non-hydrogen) atoms. The van der Waals surface area contributed by atoms with Gasteiger partial charge in [-0.1, -0.05) is 25.4 Å². The van der Waals surface area contributed by atoms with Crippen molar-refractivity contribution in [2.45, 2.75) is 13.8 Å². The van der Waals surface area contributed by atoms with Gasteiger partial charge in [-0.25, -0.2) is 15.0 Å². The summed E-state index contributed by atoms with van der Waals surface area (Å²) in [5, 5.41) is 9.88. The number of benzene rings is 1. The average Bonchev–Trinajstić information content (AvgIpc) is 2.76. The fourth-order valence-electron chi connectivity index (χ4n) is 2.76. The summed E-state index contributed by atoms with van der Waals surface area (Å²) in [6, 6.07) is 9.42. The van der Waals surface area contributed by atoms with Crippen LogP contribution in [0.4, 0.5) is 11.5 Å². The number of ether oxygens (including phenoxy) is 1. The fraction of sp³-hybridized carbons (Fsp3) is 0.182. The number of pyridine rings is 1. The van der Waals surface area contributed by atoms with E-state index in [1.54, 1.807) is 0 Å². The highest BCUT2D eigenvalue weighted by atomic mass is 79.9. The standard InChI is InChI=1S/C22H20BrClN6O/c1-14(2)12-27-30-9-7-17(8-10-30)31-16-5-3-15(4-6-16)28-22-20-19(25-13-26-22)11-18(23)21(24)29-20/h3-9,11-14H,10H2,1-2H3,(H,25,26,28)/b27-12-. The van der Waals surface area contributed by atoms with E-state index in [-0.39, 0.29) is 0 Å². The van der Waals surface area contributed by atoms with Crippen molar-refractivity contribution in [3.8, 4) is 5.75 Å². The summed E-state index contributed by atoms with van der Waals surface area (Å²) in [6.07, 6.45) is 9.19. The zero-order chi connectivity index (χ0) is 21.8. The van der Waals surface area contributed by atoms with Gasteiger partial charge in [-0.3, -0.25) is 5.01 Å². The van der Waals surface area contributed by atoms with E-state index in [0.717, 1.165) is 17.2 Å². The lowest BCUT2D eigenvalue weighted by molar-refractivity contribution is 0.394. The Balaban J connectivity index is 1.42. The number of allylic oxidation sites excluding steroid dienone is 1. The molecular formula is C22H20BrClN6O. The molecule has 3 aromatic rings. The molecule has 0 fully saturated rings. The second kappa shape index (κ2) is 9.45.